The lowest BCUT2D eigenvalue weighted by Gasteiger charge is -2.24. The maximum Gasteiger partial charge on any atom is 0.359 e. The van der Waals surface area contributed by atoms with Gasteiger partial charge in [0.25, 0.3) is 0 Å². The van der Waals surface area contributed by atoms with E-state index in [2.05, 4.69) is 118 Å². The van der Waals surface area contributed by atoms with Crippen LogP contribution in [0.2, 0.25) is 0 Å². The van der Waals surface area contributed by atoms with Crippen LogP contribution in [0.5, 0.6) is 11.5 Å². The normalized spacial score (nSPS) is 12.0. The molecule has 6 nitrogen and oxygen atoms in total. The highest BCUT2D eigenvalue weighted by Crippen LogP contribution is 2.43. The molecule has 0 atom stereocenters. The molecule has 0 aliphatic heterocycles. The Kier molecular flexibility index (Phi) is 14.9. The van der Waals surface area contributed by atoms with E-state index < -0.39 is 16.2 Å². The third-order valence-electron chi connectivity index (χ3n) is 8.68. The van der Waals surface area contributed by atoms with Crippen molar-refractivity contribution < 1.29 is 22.5 Å². The summed E-state index contributed by atoms with van der Waals surface area (Å²) in [5.41, 5.74) is 9.31. The van der Waals surface area contributed by atoms with Gasteiger partial charge in [0.2, 0.25) is 5.91 Å². The molecule has 0 saturated heterocycles. The number of hydrogen-bond acceptors (Lipinski definition) is 4. The number of rotatable bonds is 12. The fraction of sp³-hybridized carbons (Fsp3) is 0.537. The van der Waals surface area contributed by atoms with Crippen LogP contribution in [0.25, 0.3) is 0 Å². The van der Waals surface area contributed by atoms with Crippen molar-refractivity contribution in [3.63, 3.8) is 0 Å². The number of carbonyl (C=O) groups is 1. The number of nitrogens with one attached hydrogen (secondary N) is 1. The van der Waals surface area contributed by atoms with Crippen molar-refractivity contribution >= 4 is 16.2 Å². The quantitative estimate of drug-likeness (QED) is 0.186. The molecule has 0 fully saturated rings. The van der Waals surface area contributed by atoms with Gasteiger partial charge >= 0.3 is 10.3 Å². The molecule has 0 saturated carbocycles. The van der Waals surface area contributed by atoms with E-state index in [0.29, 0.717) is 29.6 Å². The first-order valence-corrected chi connectivity index (χ1v) is 19.0. The maximum absolute atomic E-state index is 11.9. The van der Waals surface area contributed by atoms with Crippen molar-refractivity contribution in [2.24, 2.45) is 0 Å². The van der Waals surface area contributed by atoms with Gasteiger partial charge in [-0.25, -0.2) is 4.72 Å². The third kappa shape index (κ3) is 11.2. The zero-order valence-corrected chi connectivity index (χ0v) is 32.7. The Labute approximate surface area is 292 Å². The van der Waals surface area contributed by atoms with Crippen molar-refractivity contribution in [3.05, 3.63) is 93.0 Å². The van der Waals surface area contributed by atoms with E-state index in [4.69, 9.17) is 9.29 Å². The Bertz CT molecular complexity index is 1490. The molecule has 3 rings (SSSR count). The first-order chi connectivity index (χ1) is 22.2. The molecule has 48 heavy (non-hydrogen) atoms. The van der Waals surface area contributed by atoms with E-state index >= 15 is 0 Å². The smallest absolute Gasteiger partial charge is 0.359 e. The largest absolute Gasteiger partial charge is 0.456 e. The molecule has 7 heteroatoms. The van der Waals surface area contributed by atoms with Gasteiger partial charge in [0.05, 0.1) is 6.42 Å². The van der Waals surface area contributed by atoms with Crippen LogP contribution in [0.4, 0.5) is 0 Å². The third-order valence-corrected chi connectivity index (χ3v) is 9.16. The summed E-state index contributed by atoms with van der Waals surface area (Å²) in [4.78, 5) is 11.9. The molecule has 3 aromatic carbocycles. The second-order valence-corrected chi connectivity index (χ2v) is 16.2. The average molecular weight is 680 g/mol. The first kappa shape index (κ1) is 41.0. The topological polar surface area (TPSA) is 92.7 Å². The fourth-order valence-electron chi connectivity index (χ4n) is 5.95. The minimum absolute atomic E-state index is 0.0702. The SMILES string of the molecule is CC(C)c1cc(C(C)C)c(CC(=O)NS(=O)(=O)O)c(C(C)C)c1.CC(C)c1cccc(C(C)C)c1Oc1c(C(C)C)cccc1C(C)C. The summed E-state index contributed by atoms with van der Waals surface area (Å²) in [6.45, 7) is 30.4. The van der Waals surface area contributed by atoms with E-state index in [1.165, 1.54) is 27.8 Å². The molecule has 0 heterocycles. The molecule has 266 valence electrons. The van der Waals surface area contributed by atoms with Crippen molar-refractivity contribution in [1.82, 2.24) is 4.72 Å². The molecule has 1 amide bonds. The van der Waals surface area contributed by atoms with E-state index in [1.807, 2.05) is 27.7 Å². The summed E-state index contributed by atoms with van der Waals surface area (Å²) in [6, 6.07) is 17.3. The van der Waals surface area contributed by atoms with Crippen LogP contribution in [0.1, 0.15) is 183 Å². The summed E-state index contributed by atoms with van der Waals surface area (Å²) < 4.78 is 38.8. The van der Waals surface area contributed by atoms with Crippen molar-refractivity contribution in [3.8, 4) is 11.5 Å². The molecule has 0 bridgehead atoms. The highest BCUT2D eigenvalue weighted by Gasteiger charge is 2.22. The number of benzene rings is 3. The van der Waals surface area contributed by atoms with Gasteiger partial charge in [-0.1, -0.05) is 145 Å². The average Bonchev–Trinajstić information content (AvgIpc) is 2.95. The number of amides is 1. The van der Waals surface area contributed by atoms with Gasteiger partial charge in [-0.3, -0.25) is 9.35 Å². The highest BCUT2D eigenvalue weighted by molar-refractivity contribution is 7.84. The van der Waals surface area contributed by atoms with Gasteiger partial charge in [-0.15, -0.1) is 0 Å². The molecule has 0 unspecified atom stereocenters. The van der Waals surface area contributed by atoms with Gasteiger partial charge < -0.3 is 4.74 Å². The molecule has 0 spiro atoms. The Morgan fingerprint density at radius 2 is 0.896 bits per heavy atom. The summed E-state index contributed by atoms with van der Waals surface area (Å²) >= 11 is 0. The molecular formula is C41H61NO5S. The van der Waals surface area contributed by atoms with E-state index in [-0.39, 0.29) is 18.3 Å². The van der Waals surface area contributed by atoms with Crippen LogP contribution in [-0.2, 0) is 21.5 Å². The molecule has 0 aromatic heterocycles. The van der Waals surface area contributed by atoms with E-state index in [1.54, 1.807) is 4.72 Å². The van der Waals surface area contributed by atoms with Crippen LogP contribution in [0.15, 0.2) is 48.5 Å². The Morgan fingerprint density at radius 1 is 0.583 bits per heavy atom. The highest BCUT2D eigenvalue weighted by atomic mass is 32.2. The van der Waals surface area contributed by atoms with Crippen molar-refractivity contribution in [2.45, 2.75) is 145 Å². The molecule has 0 aliphatic rings. The van der Waals surface area contributed by atoms with Crippen LogP contribution in [0, 0.1) is 0 Å². The summed E-state index contributed by atoms with van der Waals surface area (Å²) in [5.74, 6) is 3.90. The van der Waals surface area contributed by atoms with Gasteiger partial charge in [-0.2, -0.15) is 8.42 Å². The standard InChI is InChI=1S/C24H34O.C17H27NO4S/c1-15(2)19-11-9-12-20(16(3)4)23(19)25-24-21(17(5)6)13-10-14-22(24)18(7)8;1-10(2)13-7-14(11(3)4)16(15(8-13)12(5)6)9-17(19)18-23(20,21)22/h9-18H,1-8H3;7-8,10-12H,9H2,1-6H3,(H,18,19)(H,20,21,22). The van der Waals surface area contributed by atoms with E-state index in [9.17, 15) is 13.2 Å². The molecule has 0 radical (unpaired) electrons. The summed E-state index contributed by atoms with van der Waals surface area (Å²) in [6.07, 6.45) is -0.0702. The van der Waals surface area contributed by atoms with Crippen LogP contribution >= 0.6 is 0 Å². The second-order valence-electron chi connectivity index (χ2n) is 15.1. The lowest BCUT2D eigenvalue weighted by molar-refractivity contribution is -0.118. The van der Waals surface area contributed by atoms with E-state index in [0.717, 1.165) is 28.2 Å². The molecule has 2 N–H and O–H groups in total. The number of hydrogen-bond donors (Lipinski definition) is 2. The first-order valence-electron chi connectivity index (χ1n) is 17.5. The van der Waals surface area contributed by atoms with Crippen molar-refractivity contribution in [1.29, 1.82) is 0 Å². The second kappa shape index (κ2) is 17.5. The van der Waals surface area contributed by atoms with Crippen LogP contribution in [-0.4, -0.2) is 18.9 Å². The number of para-hydroxylation sites is 2. The minimum atomic E-state index is -4.53. The van der Waals surface area contributed by atoms with Crippen molar-refractivity contribution in [2.75, 3.05) is 0 Å². The lowest BCUT2D eigenvalue weighted by Crippen LogP contribution is -2.31. The number of ether oxygens (including phenoxy) is 1. The lowest BCUT2D eigenvalue weighted by atomic mass is 9.83. The van der Waals surface area contributed by atoms with Crippen LogP contribution in [0.3, 0.4) is 0 Å². The summed E-state index contributed by atoms with van der Waals surface area (Å²) in [5, 5.41) is 0. The Hall–Kier alpha value is -3.16. The monoisotopic (exact) mass is 679 g/mol. The summed E-state index contributed by atoms with van der Waals surface area (Å²) in [7, 11) is -4.53. The molecule has 0 aliphatic carbocycles. The maximum atomic E-state index is 11.9. The van der Waals surface area contributed by atoms with Crippen LogP contribution < -0.4 is 9.46 Å². The fourth-order valence-corrected chi connectivity index (χ4v) is 6.31. The zero-order chi connectivity index (χ0) is 36.7. The van der Waals surface area contributed by atoms with Gasteiger partial charge in [0.15, 0.2) is 0 Å². The molecule has 3 aromatic rings. The predicted octanol–water partition coefficient (Wildman–Crippen LogP) is 11.5. The Balaban J connectivity index is 0.000000335. The van der Waals surface area contributed by atoms with Gasteiger partial charge in [-0.05, 0) is 85.9 Å². The molecular weight excluding hydrogens is 619 g/mol. The predicted molar refractivity (Wildman–Crippen MR) is 201 cm³/mol. The van der Waals surface area contributed by atoms with Gasteiger partial charge in [0, 0.05) is 0 Å². The van der Waals surface area contributed by atoms with Gasteiger partial charge in [0.1, 0.15) is 11.5 Å². The number of carbonyl (C=O) groups excluding carboxylic acids is 1. The minimum Gasteiger partial charge on any atom is -0.456 e. The zero-order valence-electron chi connectivity index (χ0n) is 31.9. The Morgan fingerprint density at radius 3 is 1.15 bits per heavy atom.